The Morgan fingerprint density at radius 1 is 0.917 bits per heavy atom. The van der Waals surface area contributed by atoms with Crippen molar-refractivity contribution in [1.29, 1.82) is 0 Å². The maximum absolute atomic E-state index is 12.4. The lowest BCUT2D eigenvalue weighted by atomic mass is 9.66. The number of hydrogen-bond donors (Lipinski definition) is 0. The molecular formula is C20H29BO3. The van der Waals surface area contributed by atoms with Crippen LogP contribution in [0.3, 0.4) is 0 Å². The Morgan fingerprint density at radius 2 is 1.42 bits per heavy atom. The van der Waals surface area contributed by atoms with E-state index in [1.807, 2.05) is 0 Å². The van der Waals surface area contributed by atoms with Crippen molar-refractivity contribution >= 4 is 18.4 Å². The van der Waals surface area contributed by atoms with E-state index < -0.39 is 0 Å². The zero-order valence-corrected chi connectivity index (χ0v) is 15.6. The minimum atomic E-state index is -0.344. The first-order valence-electron chi connectivity index (χ1n) is 9.15. The molecule has 130 valence electrons. The highest BCUT2D eigenvalue weighted by atomic mass is 16.7. The molecule has 4 heteroatoms. The molecule has 1 aliphatic heterocycles. The number of carbonyl (C=O) groups is 1. The molecule has 1 aromatic carbocycles. The summed E-state index contributed by atoms with van der Waals surface area (Å²) in [4.78, 5) is 12.4. The number of rotatable bonds is 3. The van der Waals surface area contributed by atoms with Gasteiger partial charge in [0.25, 0.3) is 0 Å². The summed E-state index contributed by atoms with van der Waals surface area (Å²) < 4.78 is 12.2. The van der Waals surface area contributed by atoms with E-state index in [2.05, 4.69) is 52.0 Å². The fourth-order valence-corrected chi connectivity index (χ4v) is 3.94. The molecule has 0 N–H and O–H groups in total. The van der Waals surface area contributed by atoms with Crippen LogP contribution in [0, 0.1) is 0 Å². The zero-order chi connectivity index (χ0) is 17.6. The first-order chi connectivity index (χ1) is 11.2. The van der Waals surface area contributed by atoms with E-state index in [0.717, 1.165) is 36.7 Å². The highest BCUT2D eigenvalue weighted by molar-refractivity contribution is 6.62. The molecule has 1 saturated carbocycles. The SMILES string of the molecule is CC(=O)C1(c2ccc(B3OC(C)(C)C(C)(C)O3)cc2)CCCCC1. The molecule has 0 atom stereocenters. The molecule has 0 spiro atoms. The fraction of sp³-hybridized carbons (Fsp3) is 0.650. The molecule has 2 aliphatic rings. The van der Waals surface area contributed by atoms with Crippen LogP contribution in [-0.2, 0) is 19.5 Å². The number of benzene rings is 1. The molecule has 24 heavy (non-hydrogen) atoms. The van der Waals surface area contributed by atoms with Crippen LogP contribution in [-0.4, -0.2) is 24.1 Å². The average Bonchev–Trinajstić information content (AvgIpc) is 2.76. The quantitative estimate of drug-likeness (QED) is 0.792. The van der Waals surface area contributed by atoms with Crippen LogP contribution < -0.4 is 5.46 Å². The van der Waals surface area contributed by atoms with Gasteiger partial charge >= 0.3 is 7.12 Å². The van der Waals surface area contributed by atoms with Crippen molar-refractivity contribution in [3.8, 4) is 0 Å². The van der Waals surface area contributed by atoms with Crippen molar-refractivity contribution in [2.24, 2.45) is 0 Å². The third-order valence-corrected chi connectivity index (χ3v) is 6.37. The van der Waals surface area contributed by atoms with Crippen molar-refractivity contribution in [2.75, 3.05) is 0 Å². The smallest absolute Gasteiger partial charge is 0.399 e. The Bertz CT molecular complexity index is 596. The van der Waals surface area contributed by atoms with Crippen molar-refractivity contribution in [3.05, 3.63) is 29.8 Å². The van der Waals surface area contributed by atoms with Gasteiger partial charge in [-0.25, -0.2) is 0 Å². The van der Waals surface area contributed by atoms with Gasteiger partial charge in [-0.2, -0.15) is 0 Å². The Morgan fingerprint density at radius 3 is 1.88 bits per heavy atom. The van der Waals surface area contributed by atoms with Crippen LogP contribution in [0.4, 0.5) is 0 Å². The third kappa shape index (κ3) is 2.84. The summed E-state index contributed by atoms with van der Waals surface area (Å²) in [6.45, 7) is 10.00. The number of Topliss-reactive ketones (excluding diaryl/α,β-unsaturated/α-hetero) is 1. The summed E-state index contributed by atoms with van der Waals surface area (Å²) in [5, 5.41) is 0. The predicted molar refractivity (Wildman–Crippen MR) is 97.6 cm³/mol. The summed E-state index contributed by atoms with van der Waals surface area (Å²) >= 11 is 0. The number of hydrogen-bond acceptors (Lipinski definition) is 3. The Kier molecular flexibility index (Phi) is 4.42. The first-order valence-corrected chi connectivity index (χ1v) is 9.15. The van der Waals surface area contributed by atoms with E-state index in [1.54, 1.807) is 6.92 Å². The van der Waals surface area contributed by atoms with E-state index in [9.17, 15) is 4.79 Å². The van der Waals surface area contributed by atoms with Crippen molar-refractivity contribution in [2.45, 2.75) is 83.3 Å². The normalized spacial score (nSPS) is 24.8. The van der Waals surface area contributed by atoms with E-state index in [-0.39, 0.29) is 23.7 Å². The minimum Gasteiger partial charge on any atom is -0.399 e. The second-order valence-corrected chi connectivity index (χ2v) is 8.41. The molecule has 1 aromatic rings. The lowest BCUT2D eigenvalue weighted by molar-refractivity contribution is -0.123. The van der Waals surface area contributed by atoms with Gasteiger partial charge in [-0.05, 0) is 58.5 Å². The summed E-state index contributed by atoms with van der Waals surface area (Å²) in [5.74, 6) is 0.297. The van der Waals surface area contributed by atoms with Gasteiger partial charge in [-0.1, -0.05) is 43.5 Å². The van der Waals surface area contributed by atoms with Gasteiger partial charge in [0.15, 0.2) is 0 Å². The molecule has 0 amide bonds. The fourth-order valence-electron chi connectivity index (χ4n) is 3.94. The van der Waals surface area contributed by atoms with Gasteiger partial charge in [0.1, 0.15) is 5.78 Å². The lowest BCUT2D eigenvalue weighted by Gasteiger charge is -2.35. The second kappa shape index (κ2) is 6.00. The van der Waals surface area contributed by atoms with Crippen molar-refractivity contribution < 1.29 is 14.1 Å². The van der Waals surface area contributed by atoms with Crippen LogP contribution >= 0.6 is 0 Å². The largest absolute Gasteiger partial charge is 0.494 e. The Balaban J connectivity index is 1.85. The van der Waals surface area contributed by atoms with Crippen LogP contribution in [0.15, 0.2) is 24.3 Å². The Labute approximate surface area is 146 Å². The van der Waals surface area contributed by atoms with Crippen LogP contribution in [0.25, 0.3) is 0 Å². The molecule has 2 fully saturated rings. The monoisotopic (exact) mass is 328 g/mol. The molecular weight excluding hydrogens is 299 g/mol. The maximum Gasteiger partial charge on any atom is 0.494 e. The van der Waals surface area contributed by atoms with Gasteiger partial charge in [0, 0.05) is 0 Å². The summed E-state index contributed by atoms with van der Waals surface area (Å²) in [7, 11) is -0.344. The highest BCUT2D eigenvalue weighted by Gasteiger charge is 2.51. The van der Waals surface area contributed by atoms with Gasteiger partial charge in [0.05, 0.1) is 16.6 Å². The molecule has 0 radical (unpaired) electrons. The third-order valence-electron chi connectivity index (χ3n) is 6.37. The Hall–Kier alpha value is -1.13. The van der Waals surface area contributed by atoms with Gasteiger partial charge in [-0.15, -0.1) is 0 Å². The van der Waals surface area contributed by atoms with Gasteiger partial charge in [-0.3, -0.25) is 4.79 Å². The molecule has 0 bridgehead atoms. The van der Waals surface area contributed by atoms with E-state index >= 15 is 0 Å². The first kappa shape index (κ1) is 17.7. The molecule has 3 rings (SSSR count). The van der Waals surface area contributed by atoms with E-state index in [1.165, 1.54) is 6.42 Å². The molecule has 3 nitrogen and oxygen atoms in total. The van der Waals surface area contributed by atoms with Crippen LogP contribution in [0.2, 0.25) is 0 Å². The topological polar surface area (TPSA) is 35.5 Å². The second-order valence-electron chi connectivity index (χ2n) is 8.41. The van der Waals surface area contributed by atoms with E-state index in [0.29, 0.717) is 5.78 Å². The van der Waals surface area contributed by atoms with Crippen LogP contribution in [0.1, 0.15) is 72.3 Å². The summed E-state index contributed by atoms with van der Waals surface area (Å²) in [6, 6.07) is 8.34. The van der Waals surface area contributed by atoms with Crippen molar-refractivity contribution in [1.82, 2.24) is 0 Å². The number of ketones is 1. The van der Waals surface area contributed by atoms with Gasteiger partial charge in [0.2, 0.25) is 0 Å². The standard InChI is InChI=1S/C20H29BO3/c1-15(22)20(13-7-6-8-14-20)16-9-11-17(12-10-16)21-23-18(2,3)19(4,5)24-21/h9-12H,6-8,13-14H2,1-5H3. The molecule has 1 heterocycles. The van der Waals surface area contributed by atoms with Crippen LogP contribution in [0.5, 0.6) is 0 Å². The van der Waals surface area contributed by atoms with E-state index in [4.69, 9.17) is 9.31 Å². The van der Waals surface area contributed by atoms with Gasteiger partial charge < -0.3 is 9.31 Å². The lowest BCUT2D eigenvalue weighted by Crippen LogP contribution is -2.41. The number of carbonyl (C=O) groups excluding carboxylic acids is 1. The molecule has 0 unspecified atom stereocenters. The highest BCUT2D eigenvalue weighted by Crippen LogP contribution is 2.40. The average molecular weight is 328 g/mol. The molecule has 1 aliphatic carbocycles. The van der Waals surface area contributed by atoms with Crippen molar-refractivity contribution in [3.63, 3.8) is 0 Å². The minimum absolute atomic E-state index is 0.285. The molecule has 1 saturated heterocycles. The summed E-state index contributed by atoms with van der Waals surface area (Å²) in [6.07, 6.45) is 5.45. The zero-order valence-electron chi connectivity index (χ0n) is 15.6. The summed E-state index contributed by atoms with van der Waals surface area (Å²) in [5.41, 5.74) is 1.22. The molecule has 0 aromatic heterocycles. The predicted octanol–water partition coefficient (Wildman–Crippen LogP) is 3.78. The maximum atomic E-state index is 12.4.